The fraction of sp³-hybridized carbons (Fsp3) is 0.583. The lowest BCUT2D eigenvalue weighted by molar-refractivity contribution is 0.0733. The molecule has 88 valence electrons. The minimum atomic E-state index is 0.105. The molecule has 2 heterocycles. The molecule has 0 spiro atoms. The standard InChI is InChI=1S/C12H18N2O2/c1-8-9(2)16-10(3)11(8)12(15)14-6-4-13-5-7-14/h13H,4-7H2,1-3H3. The van der Waals surface area contributed by atoms with Gasteiger partial charge in [-0.2, -0.15) is 0 Å². The van der Waals surface area contributed by atoms with Gasteiger partial charge in [-0.25, -0.2) is 0 Å². The second kappa shape index (κ2) is 4.29. The van der Waals surface area contributed by atoms with Crippen molar-refractivity contribution in [3.63, 3.8) is 0 Å². The maximum absolute atomic E-state index is 12.3. The van der Waals surface area contributed by atoms with Gasteiger partial charge in [0, 0.05) is 31.7 Å². The van der Waals surface area contributed by atoms with E-state index >= 15 is 0 Å². The second-order valence-corrected chi connectivity index (χ2v) is 4.26. The van der Waals surface area contributed by atoms with Gasteiger partial charge in [-0.3, -0.25) is 4.79 Å². The van der Waals surface area contributed by atoms with E-state index in [1.807, 2.05) is 25.7 Å². The van der Waals surface area contributed by atoms with E-state index < -0.39 is 0 Å². The van der Waals surface area contributed by atoms with Crippen molar-refractivity contribution in [2.24, 2.45) is 0 Å². The molecule has 1 aliphatic heterocycles. The van der Waals surface area contributed by atoms with E-state index in [1.54, 1.807) is 0 Å². The SMILES string of the molecule is Cc1oc(C)c(C(=O)N2CCNCC2)c1C. The van der Waals surface area contributed by atoms with Crippen molar-refractivity contribution < 1.29 is 9.21 Å². The quantitative estimate of drug-likeness (QED) is 0.778. The predicted molar refractivity (Wildman–Crippen MR) is 61.7 cm³/mol. The van der Waals surface area contributed by atoms with Crippen LogP contribution in [0, 0.1) is 20.8 Å². The van der Waals surface area contributed by atoms with Crippen LogP contribution in [0.2, 0.25) is 0 Å². The zero-order valence-electron chi connectivity index (χ0n) is 10.1. The molecule has 16 heavy (non-hydrogen) atoms. The lowest BCUT2D eigenvalue weighted by Crippen LogP contribution is -2.46. The van der Waals surface area contributed by atoms with Gasteiger partial charge in [0.2, 0.25) is 0 Å². The number of hydrogen-bond donors (Lipinski definition) is 1. The van der Waals surface area contributed by atoms with Crippen molar-refractivity contribution in [1.29, 1.82) is 0 Å². The molecule has 0 bridgehead atoms. The highest BCUT2D eigenvalue weighted by atomic mass is 16.3. The summed E-state index contributed by atoms with van der Waals surface area (Å²) < 4.78 is 5.49. The van der Waals surface area contributed by atoms with Crippen LogP contribution < -0.4 is 5.32 Å². The number of piperazine rings is 1. The van der Waals surface area contributed by atoms with Crippen molar-refractivity contribution in [2.45, 2.75) is 20.8 Å². The van der Waals surface area contributed by atoms with Crippen LogP contribution in [0.4, 0.5) is 0 Å². The summed E-state index contributed by atoms with van der Waals surface area (Å²) in [6.07, 6.45) is 0. The summed E-state index contributed by atoms with van der Waals surface area (Å²) in [5.41, 5.74) is 1.72. The average molecular weight is 222 g/mol. The van der Waals surface area contributed by atoms with Crippen molar-refractivity contribution in [1.82, 2.24) is 10.2 Å². The topological polar surface area (TPSA) is 45.5 Å². The fourth-order valence-corrected chi connectivity index (χ4v) is 2.13. The first-order chi connectivity index (χ1) is 7.61. The number of furan rings is 1. The molecule has 0 aliphatic carbocycles. The van der Waals surface area contributed by atoms with Crippen LogP contribution in [-0.2, 0) is 0 Å². The van der Waals surface area contributed by atoms with Gasteiger partial charge in [-0.15, -0.1) is 0 Å². The Hall–Kier alpha value is -1.29. The van der Waals surface area contributed by atoms with Gasteiger partial charge in [0.25, 0.3) is 5.91 Å². The number of amides is 1. The molecule has 1 amide bonds. The molecule has 1 saturated heterocycles. The molecule has 0 saturated carbocycles. The maximum atomic E-state index is 12.3. The molecular weight excluding hydrogens is 204 g/mol. The smallest absolute Gasteiger partial charge is 0.257 e. The number of hydrogen-bond acceptors (Lipinski definition) is 3. The monoisotopic (exact) mass is 222 g/mol. The summed E-state index contributed by atoms with van der Waals surface area (Å²) in [6, 6.07) is 0. The van der Waals surface area contributed by atoms with Crippen LogP contribution in [0.1, 0.15) is 27.4 Å². The van der Waals surface area contributed by atoms with E-state index in [0.29, 0.717) is 0 Å². The molecule has 1 N–H and O–H groups in total. The van der Waals surface area contributed by atoms with Crippen molar-refractivity contribution in [3.8, 4) is 0 Å². The molecule has 0 unspecified atom stereocenters. The number of rotatable bonds is 1. The average Bonchev–Trinajstić information content (AvgIpc) is 2.54. The summed E-state index contributed by atoms with van der Waals surface area (Å²) in [7, 11) is 0. The summed E-state index contributed by atoms with van der Waals surface area (Å²) in [6.45, 7) is 9.01. The Morgan fingerprint density at radius 2 is 1.81 bits per heavy atom. The Balaban J connectivity index is 2.25. The summed E-state index contributed by atoms with van der Waals surface area (Å²) >= 11 is 0. The minimum absolute atomic E-state index is 0.105. The van der Waals surface area contributed by atoms with Crippen molar-refractivity contribution in [2.75, 3.05) is 26.2 Å². The molecule has 0 radical (unpaired) electrons. The predicted octanol–water partition coefficient (Wildman–Crippen LogP) is 1.25. The highest BCUT2D eigenvalue weighted by Gasteiger charge is 2.24. The fourth-order valence-electron chi connectivity index (χ4n) is 2.13. The maximum Gasteiger partial charge on any atom is 0.257 e. The Morgan fingerprint density at radius 3 is 2.31 bits per heavy atom. The first-order valence-electron chi connectivity index (χ1n) is 5.68. The van der Waals surface area contributed by atoms with Gasteiger partial charge in [-0.05, 0) is 20.8 Å². The first-order valence-corrected chi connectivity index (χ1v) is 5.68. The highest BCUT2D eigenvalue weighted by molar-refractivity contribution is 5.96. The van der Waals surface area contributed by atoms with Gasteiger partial charge < -0.3 is 14.6 Å². The molecule has 1 aromatic rings. The Morgan fingerprint density at radius 1 is 1.19 bits per heavy atom. The number of aryl methyl sites for hydroxylation is 2. The Bertz CT molecular complexity index is 403. The van der Waals surface area contributed by atoms with E-state index in [4.69, 9.17) is 4.42 Å². The van der Waals surface area contributed by atoms with Crippen LogP contribution in [0.25, 0.3) is 0 Å². The summed E-state index contributed by atoms with van der Waals surface area (Å²) in [5.74, 6) is 1.68. The molecule has 0 aromatic carbocycles. The lowest BCUT2D eigenvalue weighted by Gasteiger charge is -2.27. The minimum Gasteiger partial charge on any atom is -0.466 e. The van der Waals surface area contributed by atoms with Gasteiger partial charge in [0.1, 0.15) is 11.5 Å². The third-order valence-electron chi connectivity index (χ3n) is 3.18. The third kappa shape index (κ3) is 1.85. The normalized spacial score (nSPS) is 16.6. The van der Waals surface area contributed by atoms with Crippen LogP contribution in [0.15, 0.2) is 4.42 Å². The van der Waals surface area contributed by atoms with Gasteiger partial charge >= 0.3 is 0 Å². The number of carbonyl (C=O) groups excluding carboxylic acids is 1. The third-order valence-corrected chi connectivity index (χ3v) is 3.18. The van der Waals surface area contributed by atoms with Crippen LogP contribution in [0.3, 0.4) is 0 Å². The van der Waals surface area contributed by atoms with Crippen molar-refractivity contribution in [3.05, 3.63) is 22.6 Å². The zero-order valence-corrected chi connectivity index (χ0v) is 10.1. The molecule has 1 fully saturated rings. The molecule has 4 nitrogen and oxygen atoms in total. The Kier molecular flexibility index (Phi) is 3.01. The van der Waals surface area contributed by atoms with E-state index in [-0.39, 0.29) is 5.91 Å². The van der Waals surface area contributed by atoms with Gasteiger partial charge in [0.05, 0.1) is 5.56 Å². The molecule has 4 heteroatoms. The number of nitrogens with zero attached hydrogens (tertiary/aromatic N) is 1. The van der Waals surface area contributed by atoms with Crippen LogP contribution in [0.5, 0.6) is 0 Å². The molecule has 1 aliphatic rings. The van der Waals surface area contributed by atoms with Gasteiger partial charge in [0.15, 0.2) is 0 Å². The molecular formula is C12H18N2O2. The van der Waals surface area contributed by atoms with Crippen molar-refractivity contribution >= 4 is 5.91 Å². The van der Waals surface area contributed by atoms with Gasteiger partial charge in [-0.1, -0.05) is 0 Å². The zero-order chi connectivity index (χ0) is 11.7. The largest absolute Gasteiger partial charge is 0.466 e. The van der Waals surface area contributed by atoms with E-state index in [1.165, 1.54) is 0 Å². The Labute approximate surface area is 95.6 Å². The van der Waals surface area contributed by atoms with Crippen LogP contribution in [-0.4, -0.2) is 37.0 Å². The number of nitrogens with one attached hydrogen (secondary N) is 1. The van der Waals surface area contributed by atoms with E-state index in [2.05, 4.69) is 5.32 Å². The highest BCUT2D eigenvalue weighted by Crippen LogP contribution is 2.22. The van der Waals surface area contributed by atoms with Crippen LogP contribution >= 0.6 is 0 Å². The summed E-state index contributed by atoms with van der Waals surface area (Å²) in [5, 5.41) is 3.24. The van der Waals surface area contributed by atoms with E-state index in [9.17, 15) is 4.79 Å². The molecule has 2 rings (SSSR count). The second-order valence-electron chi connectivity index (χ2n) is 4.26. The first kappa shape index (κ1) is 11.2. The lowest BCUT2D eigenvalue weighted by atomic mass is 10.1. The molecule has 0 atom stereocenters. The molecule has 1 aromatic heterocycles. The number of carbonyl (C=O) groups is 1. The van der Waals surface area contributed by atoms with E-state index in [0.717, 1.165) is 48.8 Å². The summed E-state index contributed by atoms with van der Waals surface area (Å²) in [4.78, 5) is 14.2.